The minimum atomic E-state index is -1.16. The van der Waals surface area contributed by atoms with Gasteiger partial charge in [-0.2, -0.15) is 0 Å². The van der Waals surface area contributed by atoms with Crippen LogP contribution in [0.25, 0.3) is 4.91 Å². The Labute approximate surface area is 192 Å². The predicted octanol–water partition coefficient (Wildman–Crippen LogP) is 1.86. The Hall–Kier alpha value is -2.82. The van der Waals surface area contributed by atoms with E-state index >= 15 is 0 Å². The molecule has 2 aromatic rings. The van der Waals surface area contributed by atoms with Crippen LogP contribution >= 0.6 is 23.5 Å². The number of fused-ring (bicyclic) bond motifs is 1. The first-order valence-corrected chi connectivity index (χ1v) is 11.7. The number of aromatic nitrogens is 1. The lowest BCUT2D eigenvalue weighted by Crippen LogP contribution is -2.60. The summed E-state index contributed by atoms with van der Waals surface area (Å²) < 4.78 is 1.96. The van der Waals surface area contributed by atoms with Gasteiger partial charge in [0.05, 0.1) is 17.8 Å². The number of rotatable bonds is 8. The molecule has 32 heavy (non-hydrogen) atoms. The van der Waals surface area contributed by atoms with E-state index in [1.807, 2.05) is 53.4 Å². The van der Waals surface area contributed by atoms with Crippen molar-refractivity contribution >= 4 is 46.3 Å². The number of carbonyl (C=O) groups excluding carboxylic acids is 1. The Morgan fingerprint density at radius 3 is 2.38 bits per heavy atom. The van der Waals surface area contributed by atoms with Crippen molar-refractivity contribution in [2.45, 2.75) is 29.8 Å². The van der Waals surface area contributed by atoms with Crippen LogP contribution in [0.15, 0.2) is 59.4 Å². The van der Waals surface area contributed by atoms with Gasteiger partial charge in [0.15, 0.2) is 18.9 Å². The lowest BCUT2D eigenvalue weighted by atomic mass is 9.92. The number of carboxylic acids is 2. The fraction of sp³-hybridized carbons (Fsp3) is 0.273. The Balaban J connectivity index is 1.48. The summed E-state index contributed by atoms with van der Waals surface area (Å²) in [7, 11) is 0. The lowest BCUT2D eigenvalue weighted by molar-refractivity contribution is -0.688. The second-order valence-corrected chi connectivity index (χ2v) is 9.73. The lowest BCUT2D eigenvalue weighted by Gasteiger charge is -2.43. The van der Waals surface area contributed by atoms with Crippen molar-refractivity contribution in [2.75, 3.05) is 5.75 Å². The average molecular weight is 474 g/mol. The summed E-state index contributed by atoms with van der Waals surface area (Å²) in [5.74, 6) is -2.96. The van der Waals surface area contributed by atoms with E-state index in [-0.39, 0.29) is 17.4 Å². The molecular formula is C22H21N2O6S2+. The number of aliphatic carboxylic acids is 2. The zero-order valence-corrected chi connectivity index (χ0v) is 18.7. The third-order valence-electron chi connectivity index (χ3n) is 5.31. The highest BCUT2D eigenvalue weighted by Crippen LogP contribution is 2.53. The Morgan fingerprint density at radius 1 is 1.16 bits per heavy atom. The van der Waals surface area contributed by atoms with Crippen LogP contribution in [-0.4, -0.2) is 55.3 Å². The van der Waals surface area contributed by atoms with Gasteiger partial charge in [-0.05, 0) is 12.5 Å². The van der Waals surface area contributed by atoms with Crippen molar-refractivity contribution in [3.05, 3.63) is 65.6 Å². The molecule has 10 heteroatoms. The van der Waals surface area contributed by atoms with Crippen LogP contribution in [0.5, 0.6) is 0 Å². The summed E-state index contributed by atoms with van der Waals surface area (Å²) in [5, 5.41) is 27.9. The van der Waals surface area contributed by atoms with Gasteiger partial charge in [-0.3, -0.25) is 14.5 Å². The molecule has 1 saturated heterocycles. The van der Waals surface area contributed by atoms with Gasteiger partial charge in [-0.1, -0.05) is 36.0 Å². The molecule has 0 spiro atoms. The fourth-order valence-electron chi connectivity index (χ4n) is 3.75. The van der Waals surface area contributed by atoms with E-state index in [0.717, 1.165) is 10.5 Å². The highest BCUT2D eigenvalue weighted by Gasteiger charge is 2.57. The summed E-state index contributed by atoms with van der Waals surface area (Å²) >= 11 is 2.56. The summed E-state index contributed by atoms with van der Waals surface area (Å²) in [6, 6.07) is 11.2. The number of aliphatic hydroxyl groups is 1. The quantitative estimate of drug-likeness (QED) is 0.302. The highest BCUT2D eigenvalue weighted by atomic mass is 32.2. The second kappa shape index (κ2) is 8.97. The molecule has 3 heterocycles. The fourth-order valence-corrected chi connectivity index (χ4v) is 5.97. The zero-order chi connectivity index (χ0) is 23.0. The van der Waals surface area contributed by atoms with E-state index < -0.39 is 29.3 Å². The van der Waals surface area contributed by atoms with Gasteiger partial charge in [0.2, 0.25) is 5.91 Å². The number of amides is 1. The van der Waals surface area contributed by atoms with Gasteiger partial charge in [0.1, 0.15) is 11.1 Å². The molecule has 1 amide bonds. The van der Waals surface area contributed by atoms with Gasteiger partial charge in [-0.25, -0.2) is 9.36 Å². The van der Waals surface area contributed by atoms with Gasteiger partial charge in [0.25, 0.3) is 0 Å². The Kier molecular flexibility index (Phi) is 6.27. The summed E-state index contributed by atoms with van der Waals surface area (Å²) in [5.41, 5.74) is 1.69. The smallest absolute Gasteiger partial charge is 0.353 e. The van der Waals surface area contributed by atoms with Crippen LogP contribution in [0.2, 0.25) is 0 Å². The molecule has 1 aromatic carbocycles. The van der Waals surface area contributed by atoms with Crippen molar-refractivity contribution < 1.29 is 34.3 Å². The number of aliphatic hydroxyl groups excluding tert-OH is 1. The van der Waals surface area contributed by atoms with Gasteiger partial charge >= 0.3 is 11.9 Å². The molecule has 4 rings (SSSR count). The maximum absolute atomic E-state index is 12.4. The van der Waals surface area contributed by atoms with Crippen LogP contribution in [0.4, 0.5) is 0 Å². The molecule has 8 nitrogen and oxygen atoms in total. The van der Waals surface area contributed by atoms with E-state index in [2.05, 4.69) is 0 Å². The number of hydrogen-bond acceptors (Lipinski definition) is 6. The highest BCUT2D eigenvalue weighted by molar-refractivity contribution is 8.09. The van der Waals surface area contributed by atoms with Crippen LogP contribution in [0.3, 0.4) is 0 Å². The minimum absolute atomic E-state index is 0.0134. The number of nitrogens with zero attached hydrogens (tertiary/aromatic N) is 2. The first kappa shape index (κ1) is 22.4. The molecule has 0 radical (unpaired) electrons. The second-order valence-electron chi connectivity index (χ2n) is 7.55. The van der Waals surface area contributed by atoms with E-state index in [0.29, 0.717) is 17.0 Å². The monoisotopic (exact) mass is 473 g/mol. The number of carbonyl (C=O) groups is 3. The molecule has 3 N–H and O–H groups in total. The van der Waals surface area contributed by atoms with Crippen molar-refractivity contribution in [3.8, 4) is 0 Å². The van der Waals surface area contributed by atoms with Crippen LogP contribution in [-0.2, 0) is 20.9 Å². The van der Waals surface area contributed by atoms with Gasteiger partial charge < -0.3 is 15.3 Å². The SMILES string of the molecule is C[C@@H](O)[C@H]1C(=O)N2C(C(=O)O)=C(c3ccc(C[n+]4ccc(SCC(=O)O)cc4)cc3)S[C@H]12. The van der Waals surface area contributed by atoms with Crippen molar-refractivity contribution in [2.24, 2.45) is 5.92 Å². The van der Waals surface area contributed by atoms with E-state index in [1.165, 1.54) is 28.4 Å². The maximum atomic E-state index is 12.4. The van der Waals surface area contributed by atoms with E-state index in [9.17, 15) is 24.6 Å². The average Bonchev–Trinajstić information content (AvgIpc) is 3.09. The number of β-lactam (4-membered cyclic amide) rings is 1. The molecular weight excluding hydrogens is 452 g/mol. The molecule has 2 aliphatic rings. The van der Waals surface area contributed by atoms with Crippen LogP contribution in [0, 0.1) is 5.92 Å². The minimum Gasteiger partial charge on any atom is -0.481 e. The molecule has 0 saturated carbocycles. The Morgan fingerprint density at radius 2 is 1.81 bits per heavy atom. The number of hydrogen-bond donors (Lipinski definition) is 3. The Bertz CT molecular complexity index is 1100. The summed E-state index contributed by atoms with van der Waals surface area (Å²) in [6.07, 6.45) is 2.92. The molecule has 2 aliphatic heterocycles. The van der Waals surface area contributed by atoms with Crippen molar-refractivity contribution in [1.82, 2.24) is 4.90 Å². The van der Waals surface area contributed by atoms with Crippen LogP contribution in [0.1, 0.15) is 18.1 Å². The third kappa shape index (κ3) is 4.25. The van der Waals surface area contributed by atoms with Gasteiger partial charge in [-0.15, -0.1) is 11.8 Å². The topological polar surface area (TPSA) is 119 Å². The maximum Gasteiger partial charge on any atom is 0.353 e. The largest absolute Gasteiger partial charge is 0.481 e. The molecule has 1 aromatic heterocycles. The van der Waals surface area contributed by atoms with E-state index in [1.54, 1.807) is 6.92 Å². The third-order valence-corrected chi connectivity index (χ3v) is 7.71. The summed E-state index contributed by atoms with van der Waals surface area (Å²) in [4.78, 5) is 37.5. The number of carboxylic acid groups (broad SMARTS) is 2. The first-order valence-electron chi connectivity index (χ1n) is 9.84. The number of pyridine rings is 1. The number of thioether (sulfide) groups is 2. The van der Waals surface area contributed by atoms with Crippen molar-refractivity contribution in [1.29, 1.82) is 0 Å². The molecule has 1 fully saturated rings. The van der Waals surface area contributed by atoms with Crippen molar-refractivity contribution in [3.63, 3.8) is 0 Å². The first-order chi connectivity index (χ1) is 15.3. The molecule has 0 bridgehead atoms. The molecule has 166 valence electrons. The molecule has 3 atom stereocenters. The van der Waals surface area contributed by atoms with E-state index in [4.69, 9.17) is 5.11 Å². The normalized spacial score (nSPS) is 20.7. The van der Waals surface area contributed by atoms with Gasteiger partial charge in [0, 0.05) is 27.5 Å². The standard InChI is InChI=1S/C22H20N2O6S2/c1-12(25)17-20(28)24-18(22(29)30)19(32-21(17)24)14-4-2-13(3-5-14)10-23-8-6-15(7-9-23)31-11-16(26)27/h2-9,12,17,21,25H,10-11H2,1H3,(H-,26,27,29,30)/p+1/t12-,17+,21-/m1/s1. The molecule has 0 unspecified atom stereocenters. The zero-order valence-electron chi connectivity index (χ0n) is 17.0. The number of benzene rings is 1. The summed E-state index contributed by atoms with van der Waals surface area (Å²) in [6.45, 7) is 2.14. The predicted molar refractivity (Wildman–Crippen MR) is 118 cm³/mol. The van der Waals surface area contributed by atoms with Crippen LogP contribution < -0.4 is 4.57 Å². The molecule has 0 aliphatic carbocycles.